The second-order valence-electron chi connectivity index (χ2n) is 4.38. The summed E-state index contributed by atoms with van der Waals surface area (Å²) in [6.07, 6.45) is 1.63. The summed E-state index contributed by atoms with van der Waals surface area (Å²) in [5.74, 6) is -0.211. The van der Waals surface area contributed by atoms with Crippen molar-refractivity contribution in [3.63, 3.8) is 0 Å². The second-order valence-corrected chi connectivity index (χ2v) is 4.38. The average molecular weight is 283 g/mol. The van der Waals surface area contributed by atoms with Crippen molar-refractivity contribution in [1.82, 2.24) is 14.7 Å². The van der Waals surface area contributed by atoms with E-state index in [1.807, 2.05) is 36.4 Å². The zero-order valence-corrected chi connectivity index (χ0v) is 11.2. The molecule has 3 aromatic rings. The number of hydrogen-bond donors (Lipinski definition) is 0. The van der Waals surface area contributed by atoms with Crippen molar-refractivity contribution in [3.8, 4) is 11.5 Å². The van der Waals surface area contributed by atoms with Gasteiger partial charge in [0.1, 0.15) is 12.4 Å². The van der Waals surface area contributed by atoms with Gasteiger partial charge in [0.2, 0.25) is 5.82 Å². The van der Waals surface area contributed by atoms with Gasteiger partial charge in [0.25, 0.3) is 0 Å². The summed E-state index contributed by atoms with van der Waals surface area (Å²) in [5.41, 5.74) is 1.59. The van der Waals surface area contributed by atoms with Crippen LogP contribution in [0.5, 0.6) is 0 Å². The third-order valence-electron chi connectivity index (χ3n) is 2.91. The van der Waals surface area contributed by atoms with Gasteiger partial charge in [0, 0.05) is 6.20 Å². The van der Waals surface area contributed by atoms with Crippen LogP contribution < -0.4 is 5.76 Å². The maximum Gasteiger partial charge on any atom is 0.443 e. The molecule has 2 aromatic heterocycles. The van der Waals surface area contributed by atoms with Gasteiger partial charge in [-0.15, -0.1) is 0 Å². The molecule has 0 aliphatic heterocycles. The first-order valence-corrected chi connectivity index (χ1v) is 6.44. The largest absolute Gasteiger partial charge is 0.443 e. The van der Waals surface area contributed by atoms with Gasteiger partial charge in [-0.05, 0) is 17.7 Å². The predicted octanol–water partition coefficient (Wildman–Crippen LogP) is 2.07. The summed E-state index contributed by atoms with van der Waals surface area (Å²) >= 11 is 0. The van der Waals surface area contributed by atoms with Crippen LogP contribution in [0.15, 0.2) is 64.0 Å². The molecule has 0 atom stereocenters. The molecule has 6 nitrogen and oxygen atoms in total. The molecule has 1 aromatic carbocycles. The van der Waals surface area contributed by atoms with E-state index in [1.54, 1.807) is 18.3 Å². The van der Waals surface area contributed by atoms with Crippen LogP contribution in [0.1, 0.15) is 5.56 Å². The fourth-order valence-electron chi connectivity index (χ4n) is 1.89. The molecule has 3 rings (SSSR count). The summed E-state index contributed by atoms with van der Waals surface area (Å²) in [4.78, 5) is 15.8. The highest BCUT2D eigenvalue weighted by Gasteiger charge is 2.13. The minimum Gasteiger partial charge on any atom is -0.356 e. The van der Waals surface area contributed by atoms with Gasteiger partial charge >= 0.3 is 5.76 Å². The van der Waals surface area contributed by atoms with Crippen LogP contribution in [0.25, 0.3) is 11.5 Å². The monoisotopic (exact) mass is 283 g/mol. The maximum absolute atomic E-state index is 11.7. The third-order valence-corrected chi connectivity index (χ3v) is 2.91. The molecule has 0 saturated carbocycles. The molecule has 0 unspecified atom stereocenters. The van der Waals surface area contributed by atoms with Crippen molar-refractivity contribution in [2.45, 2.75) is 13.3 Å². The summed E-state index contributed by atoms with van der Waals surface area (Å²) < 4.78 is 11.5. The van der Waals surface area contributed by atoms with Gasteiger partial charge < -0.3 is 4.74 Å². The van der Waals surface area contributed by atoms with Gasteiger partial charge in [-0.1, -0.05) is 41.6 Å². The number of rotatable bonds is 5. The van der Waals surface area contributed by atoms with E-state index in [0.29, 0.717) is 18.1 Å². The van der Waals surface area contributed by atoms with Crippen molar-refractivity contribution in [3.05, 3.63) is 70.8 Å². The van der Waals surface area contributed by atoms with Gasteiger partial charge in [-0.3, -0.25) is 9.51 Å². The average Bonchev–Trinajstić information content (AvgIpc) is 2.91. The molecule has 0 saturated heterocycles. The maximum atomic E-state index is 11.7. The number of pyridine rings is 1. The Morgan fingerprint density at radius 2 is 1.90 bits per heavy atom. The van der Waals surface area contributed by atoms with Crippen molar-refractivity contribution in [2.75, 3.05) is 0 Å². The lowest BCUT2D eigenvalue weighted by Crippen LogP contribution is -2.17. The Balaban J connectivity index is 1.74. The van der Waals surface area contributed by atoms with Crippen molar-refractivity contribution < 1.29 is 9.26 Å². The number of benzene rings is 1. The Hall–Kier alpha value is -2.73. The zero-order valence-electron chi connectivity index (χ0n) is 11.2. The lowest BCUT2D eigenvalue weighted by Gasteiger charge is -2.05. The highest BCUT2D eigenvalue weighted by molar-refractivity contribution is 5.47. The normalized spacial score (nSPS) is 10.7. The minimum absolute atomic E-state index is 0.0587. The predicted molar refractivity (Wildman–Crippen MR) is 75.2 cm³/mol. The molecule has 0 N–H and O–H groups in total. The van der Waals surface area contributed by atoms with E-state index < -0.39 is 5.76 Å². The first-order valence-electron chi connectivity index (χ1n) is 6.44. The molecule has 0 spiro atoms. The van der Waals surface area contributed by atoms with Gasteiger partial charge in [0.15, 0.2) is 0 Å². The Morgan fingerprint density at radius 1 is 1.10 bits per heavy atom. The van der Waals surface area contributed by atoms with E-state index in [1.165, 1.54) is 4.57 Å². The Bertz CT molecular complexity index is 751. The zero-order chi connectivity index (χ0) is 14.5. The Labute approximate surface area is 120 Å². The van der Waals surface area contributed by atoms with Crippen molar-refractivity contribution in [1.29, 1.82) is 0 Å². The van der Waals surface area contributed by atoms with Crippen LogP contribution in [-0.2, 0) is 18.1 Å². The van der Waals surface area contributed by atoms with Gasteiger partial charge in [-0.25, -0.2) is 9.36 Å². The fraction of sp³-hybridized carbons (Fsp3) is 0.133. The lowest BCUT2D eigenvalue weighted by molar-refractivity contribution is 0.0606. The molecule has 0 amide bonds. The molecule has 0 fully saturated rings. The first-order chi connectivity index (χ1) is 10.3. The van der Waals surface area contributed by atoms with Crippen LogP contribution in [0.4, 0.5) is 0 Å². The summed E-state index contributed by atoms with van der Waals surface area (Å²) in [6, 6.07) is 15.1. The molecule has 0 aliphatic carbocycles. The first kappa shape index (κ1) is 13.3. The van der Waals surface area contributed by atoms with Gasteiger partial charge in [-0.2, -0.15) is 0 Å². The van der Waals surface area contributed by atoms with Crippen LogP contribution >= 0.6 is 0 Å². The molecule has 0 radical (unpaired) electrons. The summed E-state index contributed by atoms with van der Waals surface area (Å²) in [6.45, 7) is 0.462. The molecule has 21 heavy (non-hydrogen) atoms. The van der Waals surface area contributed by atoms with E-state index in [-0.39, 0.29) is 6.73 Å². The van der Waals surface area contributed by atoms with E-state index in [9.17, 15) is 4.79 Å². The quantitative estimate of drug-likeness (QED) is 0.717. The van der Waals surface area contributed by atoms with Crippen LogP contribution in [-0.4, -0.2) is 14.7 Å². The highest BCUT2D eigenvalue weighted by atomic mass is 16.5. The Kier molecular flexibility index (Phi) is 3.88. The number of ether oxygens (including phenoxy) is 1. The summed E-state index contributed by atoms with van der Waals surface area (Å²) in [7, 11) is 0. The third kappa shape index (κ3) is 3.06. The molecular weight excluding hydrogens is 270 g/mol. The smallest absolute Gasteiger partial charge is 0.356 e. The molecule has 0 bridgehead atoms. The van der Waals surface area contributed by atoms with Crippen LogP contribution in [0.3, 0.4) is 0 Å². The number of aromatic nitrogens is 3. The second kappa shape index (κ2) is 6.15. The topological polar surface area (TPSA) is 70.2 Å². The fourth-order valence-corrected chi connectivity index (χ4v) is 1.89. The molecule has 2 heterocycles. The van der Waals surface area contributed by atoms with Gasteiger partial charge in [0.05, 0.1) is 6.61 Å². The molecule has 106 valence electrons. The molecule has 0 aliphatic rings. The Morgan fingerprint density at radius 3 is 2.67 bits per heavy atom. The van der Waals surface area contributed by atoms with E-state index in [2.05, 4.69) is 10.1 Å². The van der Waals surface area contributed by atoms with E-state index in [0.717, 1.165) is 5.56 Å². The van der Waals surface area contributed by atoms with E-state index >= 15 is 0 Å². The minimum atomic E-state index is -0.566. The van der Waals surface area contributed by atoms with Crippen LogP contribution in [0, 0.1) is 0 Å². The molecular formula is C15H13N3O3. The van der Waals surface area contributed by atoms with E-state index in [4.69, 9.17) is 9.26 Å². The number of nitrogens with zero attached hydrogens (tertiary/aromatic N) is 3. The van der Waals surface area contributed by atoms with Crippen LogP contribution in [0.2, 0.25) is 0 Å². The lowest BCUT2D eigenvalue weighted by atomic mass is 10.2. The number of hydrogen-bond acceptors (Lipinski definition) is 5. The van der Waals surface area contributed by atoms with Crippen molar-refractivity contribution in [2.24, 2.45) is 0 Å². The SMILES string of the molecule is O=c1onc(-c2ccccn2)n1COCc1ccccc1. The standard InChI is InChI=1S/C15H13N3O3/c19-15-18(11-20-10-12-6-2-1-3-7-12)14(17-21-15)13-8-4-5-9-16-13/h1-9H,10-11H2. The highest BCUT2D eigenvalue weighted by Crippen LogP contribution is 2.12. The molecule has 6 heteroatoms. The summed E-state index contributed by atoms with van der Waals surface area (Å²) in [5, 5.41) is 3.74. The van der Waals surface area contributed by atoms with Crippen molar-refractivity contribution >= 4 is 0 Å².